The number of rotatable bonds is 5. The Hall–Kier alpha value is -0.980. The van der Waals surface area contributed by atoms with Crippen molar-refractivity contribution in [1.82, 2.24) is 0 Å². The van der Waals surface area contributed by atoms with E-state index in [2.05, 4.69) is 58.1 Å². The predicted octanol–water partition coefficient (Wildman–Crippen LogP) is 6.31. The monoisotopic (exact) mass is 287 g/mol. The van der Waals surface area contributed by atoms with Gasteiger partial charge in [0.05, 0.1) is 0 Å². The van der Waals surface area contributed by atoms with Crippen molar-refractivity contribution < 1.29 is 0 Å². The average molecular weight is 287 g/mol. The molecule has 0 aliphatic heterocycles. The van der Waals surface area contributed by atoms with E-state index in [1.165, 1.54) is 48.9 Å². The largest absolute Gasteiger partial charge is 0.382 e. The van der Waals surface area contributed by atoms with Crippen LogP contribution >= 0.6 is 0 Å². The summed E-state index contributed by atoms with van der Waals surface area (Å²) in [5, 5.41) is 3.84. The van der Waals surface area contributed by atoms with E-state index in [1.807, 2.05) is 0 Å². The van der Waals surface area contributed by atoms with Crippen LogP contribution in [-0.2, 0) is 0 Å². The number of anilines is 1. The van der Waals surface area contributed by atoms with E-state index >= 15 is 0 Å². The molecule has 1 aliphatic carbocycles. The summed E-state index contributed by atoms with van der Waals surface area (Å²) in [5.74, 6) is 2.16. The van der Waals surface area contributed by atoms with Crippen LogP contribution in [0.1, 0.15) is 89.7 Å². The molecule has 1 saturated carbocycles. The fourth-order valence-electron chi connectivity index (χ4n) is 3.48. The van der Waals surface area contributed by atoms with Crippen molar-refractivity contribution in [3.05, 3.63) is 29.3 Å². The molecule has 1 aromatic rings. The van der Waals surface area contributed by atoms with Crippen molar-refractivity contribution in [2.24, 2.45) is 5.92 Å². The molecular weight excluding hydrogens is 254 g/mol. The lowest BCUT2D eigenvalue weighted by molar-refractivity contribution is 0.330. The summed E-state index contributed by atoms with van der Waals surface area (Å²) in [4.78, 5) is 0. The van der Waals surface area contributed by atoms with E-state index < -0.39 is 0 Å². The second kappa shape index (κ2) is 7.33. The standard InChI is InChI=1S/C20H33N/c1-6-16-7-10-18(11-8-16)21-20-12-9-17(14(2)3)13-19(20)15(4)5/h9,12-16,18,21H,6-8,10-11H2,1-5H3. The highest BCUT2D eigenvalue weighted by Gasteiger charge is 2.21. The van der Waals surface area contributed by atoms with E-state index in [9.17, 15) is 0 Å². The molecule has 0 radical (unpaired) electrons. The normalized spacial score (nSPS) is 22.8. The zero-order chi connectivity index (χ0) is 15.4. The zero-order valence-corrected chi connectivity index (χ0v) is 14.6. The Kier molecular flexibility index (Phi) is 5.72. The lowest BCUT2D eigenvalue weighted by Crippen LogP contribution is -2.26. The molecule has 1 aromatic carbocycles. The summed E-state index contributed by atoms with van der Waals surface area (Å²) in [7, 11) is 0. The first-order chi connectivity index (χ1) is 10.0. The van der Waals surface area contributed by atoms with Gasteiger partial charge in [-0.2, -0.15) is 0 Å². The van der Waals surface area contributed by atoms with Gasteiger partial charge < -0.3 is 5.32 Å². The molecule has 0 atom stereocenters. The quantitative estimate of drug-likeness (QED) is 0.668. The molecule has 0 saturated heterocycles. The third-order valence-corrected chi connectivity index (χ3v) is 5.15. The zero-order valence-electron chi connectivity index (χ0n) is 14.6. The van der Waals surface area contributed by atoms with Gasteiger partial charge >= 0.3 is 0 Å². The molecule has 0 amide bonds. The fraction of sp³-hybridized carbons (Fsp3) is 0.700. The van der Waals surface area contributed by atoms with E-state index in [4.69, 9.17) is 0 Å². The number of nitrogens with one attached hydrogen (secondary N) is 1. The highest BCUT2D eigenvalue weighted by molar-refractivity contribution is 5.55. The maximum Gasteiger partial charge on any atom is 0.0377 e. The topological polar surface area (TPSA) is 12.0 Å². The summed E-state index contributed by atoms with van der Waals surface area (Å²) in [5.41, 5.74) is 4.31. The van der Waals surface area contributed by atoms with Crippen molar-refractivity contribution >= 4 is 5.69 Å². The molecule has 1 nitrogen and oxygen atoms in total. The molecule has 0 heterocycles. The van der Waals surface area contributed by atoms with Crippen LogP contribution in [0.25, 0.3) is 0 Å². The van der Waals surface area contributed by atoms with E-state index in [0.29, 0.717) is 17.9 Å². The van der Waals surface area contributed by atoms with Gasteiger partial charge in [0.15, 0.2) is 0 Å². The summed E-state index contributed by atoms with van der Waals surface area (Å²) in [6.07, 6.45) is 6.82. The molecule has 0 spiro atoms. The number of hydrogen-bond acceptors (Lipinski definition) is 1. The van der Waals surface area contributed by atoms with Gasteiger partial charge in [-0.15, -0.1) is 0 Å². The highest BCUT2D eigenvalue weighted by Crippen LogP contribution is 2.32. The van der Waals surface area contributed by atoms with Gasteiger partial charge in [0.2, 0.25) is 0 Å². The first kappa shape index (κ1) is 16.4. The second-order valence-corrected chi connectivity index (χ2v) is 7.43. The van der Waals surface area contributed by atoms with Crippen LogP contribution in [0.3, 0.4) is 0 Å². The molecule has 0 bridgehead atoms. The molecule has 21 heavy (non-hydrogen) atoms. The predicted molar refractivity (Wildman–Crippen MR) is 94.3 cm³/mol. The van der Waals surface area contributed by atoms with Crippen LogP contribution in [0.4, 0.5) is 5.69 Å². The van der Waals surface area contributed by atoms with Gasteiger partial charge in [-0.25, -0.2) is 0 Å². The minimum absolute atomic E-state index is 0.582. The van der Waals surface area contributed by atoms with Crippen molar-refractivity contribution in [2.45, 2.75) is 84.6 Å². The molecule has 1 N–H and O–H groups in total. The Labute approximate surface area is 131 Å². The van der Waals surface area contributed by atoms with Gasteiger partial charge in [0.25, 0.3) is 0 Å². The number of benzene rings is 1. The van der Waals surface area contributed by atoms with Crippen LogP contribution in [0, 0.1) is 5.92 Å². The molecule has 1 fully saturated rings. The summed E-state index contributed by atoms with van der Waals surface area (Å²) < 4.78 is 0. The molecule has 0 unspecified atom stereocenters. The smallest absolute Gasteiger partial charge is 0.0377 e. The Morgan fingerprint density at radius 3 is 2.19 bits per heavy atom. The second-order valence-electron chi connectivity index (χ2n) is 7.43. The molecule has 118 valence electrons. The highest BCUT2D eigenvalue weighted by atomic mass is 14.9. The van der Waals surface area contributed by atoms with Crippen molar-refractivity contribution in [2.75, 3.05) is 5.32 Å². The molecule has 1 heteroatoms. The van der Waals surface area contributed by atoms with Crippen LogP contribution in [0.15, 0.2) is 18.2 Å². The third-order valence-electron chi connectivity index (χ3n) is 5.15. The van der Waals surface area contributed by atoms with Gasteiger partial charge in [-0.3, -0.25) is 0 Å². The SMILES string of the molecule is CCC1CCC(Nc2ccc(C(C)C)cc2C(C)C)CC1. The first-order valence-electron chi connectivity index (χ1n) is 8.91. The maximum absolute atomic E-state index is 3.84. The van der Waals surface area contributed by atoms with Gasteiger partial charge in [0, 0.05) is 11.7 Å². The molecular formula is C20H33N. The summed E-state index contributed by atoms with van der Waals surface area (Å²) in [6.45, 7) is 11.5. The minimum atomic E-state index is 0.582. The van der Waals surface area contributed by atoms with Crippen LogP contribution < -0.4 is 5.32 Å². The fourth-order valence-corrected chi connectivity index (χ4v) is 3.48. The lowest BCUT2D eigenvalue weighted by atomic mass is 9.84. The van der Waals surface area contributed by atoms with Gasteiger partial charge in [-0.1, -0.05) is 53.2 Å². The molecule has 2 rings (SSSR count). The minimum Gasteiger partial charge on any atom is -0.382 e. The van der Waals surface area contributed by atoms with Crippen LogP contribution in [0.5, 0.6) is 0 Å². The summed E-state index contributed by atoms with van der Waals surface area (Å²) >= 11 is 0. The van der Waals surface area contributed by atoms with E-state index in [1.54, 1.807) is 0 Å². The lowest BCUT2D eigenvalue weighted by Gasteiger charge is -2.30. The van der Waals surface area contributed by atoms with E-state index in [-0.39, 0.29) is 0 Å². The maximum atomic E-state index is 3.84. The van der Waals surface area contributed by atoms with Crippen LogP contribution in [0.2, 0.25) is 0 Å². The third kappa shape index (κ3) is 4.25. The van der Waals surface area contributed by atoms with Crippen molar-refractivity contribution in [1.29, 1.82) is 0 Å². The van der Waals surface area contributed by atoms with Gasteiger partial charge in [-0.05, 0) is 60.6 Å². The van der Waals surface area contributed by atoms with Gasteiger partial charge in [0.1, 0.15) is 0 Å². The molecule has 1 aliphatic rings. The van der Waals surface area contributed by atoms with Crippen molar-refractivity contribution in [3.8, 4) is 0 Å². The van der Waals surface area contributed by atoms with Crippen LogP contribution in [-0.4, -0.2) is 6.04 Å². The Balaban J connectivity index is 2.09. The van der Waals surface area contributed by atoms with Crippen molar-refractivity contribution in [3.63, 3.8) is 0 Å². The first-order valence-corrected chi connectivity index (χ1v) is 8.91. The Morgan fingerprint density at radius 1 is 1.00 bits per heavy atom. The average Bonchev–Trinajstić information content (AvgIpc) is 2.48. The Bertz CT molecular complexity index is 439. The number of hydrogen-bond donors (Lipinski definition) is 1. The summed E-state index contributed by atoms with van der Waals surface area (Å²) in [6, 6.07) is 7.71. The molecule has 0 aromatic heterocycles. The Morgan fingerprint density at radius 2 is 1.67 bits per heavy atom. The van der Waals surface area contributed by atoms with E-state index in [0.717, 1.165) is 5.92 Å².